The first-order valence-corrected chi connectivity index (χ1v) is 8.27. The lowest BCUT2D eigenvalue weighted by atomic mass is 9.91. The van der Waals surface area contributed by atoms with E-state index in [-0.39, 0.29) is 5.91 Å². The Labute approximate surface area is 135 Å². The fourth-order valence-electron chi connectivity index (χ4n) is 2.82. The second-order valence-electron chi connectivity index (χ2n) is 6.00. The molecule has 1 amide bonds. The summed E-state index contributed by atoms with van der Waals surface area (Å²) in [5.74, 6) is 0.0362. The molecule has 0 atom stereocenters. The van der Waals surface area contributed by atoms with Crippen LogP contribution in [0.3, 0.4) is 0 Å². The van der Waals surface area contributed by atoms with E-state index >= 15 is 0 Å². The number of amides is 1. The molecule has 2 rings (SSSR count). The van der Waals surface area contributed by atoms with Gasteiger partial charge in [-0.2, -0.15) is 0 Å². The Bertz CT molecular complexity index is 498. The molecule has 0 aromatic heterocycles. The highest BCUT2D eigenvalue weighted by atomic mass is 79.9. The summed E-state index contributed by atoms with van der Waals surface area (Å²) in [6.45, 7) is 2.44. The minimum absolute atomic E-state index is 0.0362. The van der Waals surface area contributed by atoms with E-state index in [4.69, 9.17) is 5.73 Å². The molecule has 1 aliphatic carbocycles. The van der Waals surface area contributed by atoms with Crippen molar-refractivity contribution in [3.63, 3.8) is 0 Å². The van der Waals surface area contributed by atoms with Crippen LogP contribution in [0.5, 0.6) is 0 Å². The summed E-state index contributed by atoms with van der Waals surface area (Å²) in [5, 5.41) is 2.96. The fourth-order valence-corrected chi connectivity index (χ4v) is 3.07. The zero-order valence-electron chi connectivity index (χ0n) is 12.7. The van der Waals surface area contributed by atoms with Crippen molar-refractivity contribution >= 4 is 27.5 Å². The molecule has 4 nitrogen and oxygen atoms in total. The van der Waals surface area contributed by atoms with Crippen molar-refractivity contribution in [3.05, 3.63) is 28.2 Å². The molecule has 21 heavy (non-hydrogen) atoms. The molecule has 1 saturated carbocycles. The summed E-state index contributed by atoms with van der Waals surface area (Å²) in [5.41, 5.74) is 7.89. The van der Waals surface area contributed by atoms with E-state index < -0.39 is 0 Å². The number of halogens is 1. The number of nitrogens with two attached hydrogens (primary N) is 1. The van der Waals surface area contributed by atoms with Gasteiger partial charge in [-0.15, -0.1) is 0 Å². The molecule has 1 aliphatic rings. The predicted octanol–water partition coefficient (Wildman–Crippen LogP) is 2.90. The molecule has 0 unspecified atom stereocenters. The van der Waals surface area contributed by atoms with Crippen molar-refractivity contribution < 1.29 is 4.79 Å². The third-order valence-corrected chi connectivity index (χ3v) is 5.09. The Morgan fingerprint density at radius 1 is 1.38 bits per heavy atom. The van der Waals surface area contributed by atoms with Crippen LogP contribution in [0.4, 0.5) is 5.69 Å². The highest BCUT2D eigenvalue weighted by molar-refractivity contribution is 9.10. The molecule has 5 heteroatoms. The number of nitrogens with zero attached hydrogens (tertiary/aromatic N) is 1. The zero-order chi connectivity index (χ0) is 15.4. The van der Waals surface area contributed by atoms with E-state index in [2.05, 4.69) is 26.1 Å². The molecule has 3 N–H and O–H groups in total. The van der Waals surface area contributed by atoms with Gasteiger partial charge in [0.1, 0.15) is 0 Å². The Balaban J connectivity index is 1.84. The normalized spacial score (nSPS) is 22.3. The van der Waals surface area contributed by atoms with Crippen LogP contribution < -0.4 is 11.1 Å². The second kappa shape index (κ2) is 7.38. The third-order valence-electron chi connectivity index (χ3n) is 4.20. The topological polar surface area (TPSA) is 58.4 Å². The van der Waals surface area contributed by atoms with Crippen LogP contribution in [0.25, 0.3) is 0 Å². The maximum Gasteiger partial charge on any atom is 0.238 e. The molecule has 0 saturated heterocycles. The number of rotatable bonds is 4. The van der Waals surface area contributed by atoms with E-state index in [9.17, 15) is 4.79 Å². The SMILES string of the molecule is Cc1cc(NC(=O)CN(C)C2CCC(N)CC2)ccc1Br. The zero-order valence-corrected chi connectivity index (χ0v) is 14.3. The smallest absolute Gasteiger partial charge is 0.238 e. The Hall–Kier alpha value is -0.910. The Morgan fingerprint density at radius 3 is 2.67 bits per heavy atom. The maximum atomic E-state index is 12.1. The summed E-state index contributed by atoms with van der Waals surface area (Å²) in [4.78, 5) is 14.3. The van der Waals surface area contributed by atoms with Crippen LogP contribution in [0.15, 0.2) is 22.7 Å². The highest BCUT2D eigenvalue weighted by Crippen LogP contribution is 2.22. The summed E-state index contributed by atoms with van der Waals surface area (Å²) < 4.78 is 1.05. The second-order valence-corrected chi connectivity index (χ2v) is 6.85. The molecule has 0 radical (unpaired) electrons. The number of anilines is 1. The van der Waals surface area contributed by atoms with E-state index in [1.165, 1.54) is 0 Å². The maximum absolute atomic E-state index is 12.1. The minimum Gasteiger partial charge on any atom is -0.328 e. The third kappa shape index (κ3) is 4.80. The molecule has 116 valence electrons. The molecule has 1 fully saturated rings. The Kier molecular flexibility index (Phi) is 5.79. The number of hydrogen-bond donors (Lipinski definition) is 2. The molecule has 0 bridgehead atoms. The van der Waals surface area contributed by atoms with Crippen LogP contribution in [-0.2, 0) is 4.79 Å². The molecular formula is C16H24BrN3O. The van der Waals surface area contributed by atoms with Gasteiger partial charge in [-0.3, -0.25) is 9.69 Å². The van der Waals surface area contributed by atoms with Crippen LogP contribution in [0.2, 0.25) is 0 Å². The first kappa shape index (κ1) is 16.5. The molecule has 0 aliphatic heterocycles. The van der Waals surface area contributed by atoms with Crippen molar-refractivity contribution in [2.75, 3.05) is 18.9 Å². The van der Waals surface area contributed by atoms with Gasteiger partial charge in [0.05, 0.1) is 6.54 Å². The summed E-state index contributed by atoms with van der Waals surface area (Å²) in [6, 6.07) is 6.66. The molecule has 0 spiro atoms. The van der Waals surface area contributed by atoms with Crippen LogP contribution in [0.1, 0.15) is 31.2 Å². The number of nitrogens with one attached hydrogen (secondary N) is 1. The van der Waals surface area contributed by atoms with Crippen LogP contribution >= 0.6 is 15.9 Å². The molecule has 1 aromatic carbocycles. The van der Waals surface area contributed by atoms with E-state index in [1.54, 1.807) is 0 Å². The van der Waals surface area contributed by atoms with Gasteiger partial charge in [-0.25, -0.2) is 0 Å². The van der Waals surface area contributed by atoms with E-state index in [0.29, 0.717) is 18.6 Å². The number of carbonyl (C=O) groups excluding carboxylic acids is 1. The minimum atomic E-state index is 0.0362. The number of aryl methyl sites for hydroxylation is 1. The van der Waals surface area contributed by atoms with Gasteiger partial charge in [-0.1, -0.05) is 15.9 Å². The number of hydrogen-bond acceptors (Lipinski definition) is 3. The van der Waals surface area contributed by atoms with E-state index in [1.807, 2.05) is 32.2 Å². The quantitative estimate of drug-likeness (QED) is 0.874. The number of likely N-dealkylation sites (N-methyl/N-ethyl adjacent to an activating group) is 1. The average molecular weight is 354 g/mol. The largest absolute Gasteiger partial charge is 0.328 e. The van der Waals surface area contributed by atoms with E-state index in [0.717, 1.165) is 41.4 Å². The van der Waals surface area contributed by atoms with Crippen LogP contribution in [-0.4, -0.2) is 36.5 Å². The first-order chi connectivity index (χ1) is 9.95. The molecular weight excluding hydrogens is 330 g/mol. The molecule has 0 heterocycles. The fraction of sp³-hybridized carbons (Fsp3) is 0.562. The van der Waals surface area contributed by atoms with Crippen molar-refractivity contribution in [3.8, 4) is 0 Å². The van der Waals surface area contributed by atoms with Gasteiger partial charge in [0.25, 0.3) is 0 Å². The number of carbonyl (C=O) groups is 1. The monoisotopic (exact) mass is 353 g/mol. The first-order valence-electron chi connectivity index (χ1n) is 7.47. The van der Waals surface area contributed by atoms with Gasteiger partial charge < -0.3 is 11.1 Å². The van der Waals surface area contributed by atoms with Crippen LogP contribution in [0, 0.1) is 6.92 Å². The average Bonchev–Trinajstić information content (AvgIpc) is 2.43. The van der Waals surface area contributed by atoms with Crippen molar-refractivity contribution in [2.45, 2.75) is 44.7 Å². The summed E-state index contributed by atoms with van der Waals surface area (Å²) in [6.07, 6.45) is 4.29. The lowest BCUT2D eigenvalue weighted by Crippen LogP contribution is -2.42. The molecule has 1 aromatic rings. The lowest BCUT2D eigenvalue weighted by molar-refractivity contribution is -0.117. The predicted molar refractivity (Wildman–Crippen MR) is 90.4 cm³/mol. The summed E-state index contributed by atoms with van der Waals surface area (Å²) >= 11 is 3.46. The van der Waals surface area contributed by atoms with Crippen molar-refractivity contribution in [2.24, 2.45) is 5.73 Å². The van der Waals surface area contributed by atoms with Gasteiger partial charge >= 0.3 is 0 Å². The summed E-state index contributed by atoms with van der Waals surface area (Å²) in [7, 11) is 2.02. The highest BCUT2D eigenvalue weighted by Gasteiger charge is 2.23. The van der Waals surface area contributed by atoms with Crippen molar-refractivity contribution in [1.29, 1.82) is 0 Å². The van der Waals surface area contributed by atoms with Crippen molar-refractivity contribution in [1.82, 2.24) is 4.90 Å². The number of benzene rings is 1. The van der Waals surface area contributed by atoms with Gasteiger partial charge in [-0.05, 0) is 63.4 Å². The standard InChI is InChI=1S/C16H24BrN3O/c1-11-9-13(5-8-15(11)17)19-16(21)10-20(2)14-6-3-12(18)4-7-14/h5,8-9,12,14H,3-4,6-7,10,18H2,1-2H3,(H,19,21). The lowest BCUT2D eigenvalue weighted by Gasteiger charge is -2.33. The van der Waals surface area contributed by atoms with Gasteiger partial charge in [0.15, 0.2) is 0 Å². The Morgan fingerprint density at radius 2 is 2.05 bits per heavy atom. The van der Waals surface area contributed by atoms with Gasteiger partial charge in [0.2, 0.25) is 5.91 Å². The van der Waals surface area contributed by atoms with Gasteiger partial charge in [0, 0.05) is 22.2 Å².